The molecule has 0 heterocycles. The maximum Gasteiger partial charge on any atom is 0.172 e. The average molecular weight is 348 g/mol. The van der Waals surface area contributed by atoms with E-state index in [0.717, 1.165) is 0 Å². The van der Waals surface area contributed by atoms with Crippen molar-refractivity contribution < 1.29 is 24.9 Å². The van der Waals surface area contributed by atoms with Gasteiger partial charge in [-0.25, -0.2) is 0 Å². The monoisotopic (exact) mass is 348 g/mol. The van der Waals surface area contributed by atoms with Gasteiger partial charge in [-0.3, -0.25) is 9.59 Å². The molecule has 25 heavy (non-hydrogen) atoms. The van der Waals surface area contributed by atoms with Crippen molar-refractivity contribution in [1.82, 2.24) is 0 Å². The van der Waals surface area contributed by atoms with Crippen LogP contribution in [0.25, 0.3) is 0 Å². The average Bonchev–Trinajstić information content (AvgIpc) is 2.78. The highest BCUT2D eigenvalue weighted by Gasteiger charge is 2.63. The zero-order chi connectivity index (χ0) is 18.9. The van der Waals surface area contributed by atoms with Crippen LogP contribution in [0.2, 0.25) is 0 Å². The molecular weight excluding hydrogens is 320 g/mol. The molecule has 0 radical (unpaired) electrons. The van der Waals surface area contributed by atoms with E-state index >= 15 is 0 Å². The fourth-order valence-corrected chi connectivity index (χ4v) is 4.57. The second-order valence-corrected chi connectivity index (χ2v) is 8.99. The lowest BCUT2D eigenvalue weighted by atomic mass is 9.51. The van der Waals surface area contributed by atoms with E-state index in [4.69, 9.17) is 0 Å². The normalized spacial score (nSPS) is 46.6. The predicted octanol–water partition coefficient (Wildman–Crippen LogP) is 1.56. The first-order valence-electron chi connectivity index (χ1n) is 8.96. The molecule has 0 aromatic heterocycles. The molecule has 0 fully saturated rings. The summed E-state index contributed by atoms with van der Waals surface area (Å²) in [6.45, 7) is 8.97. The van der Waals surface area contributed by atoms with Crippen LogP contribution in [0.15, 0.2) is 23.3 Å². The largest absolute Gasteiger partial charge is 0.392 e. The molecule has 0 bridgehead atoms. The highest BCUT2D eigenvalue weighted by atomic mass is 16.3. The van der Waals surface area contributed by atoms with Gasteiger partial charge in [0, 0.05) is 27.9 Å². The molecule has 138 valence electrons. The summed E-state index contributed by atoms with van der Waals surface area (Å²) in [6.07, 6.45) is 1.51. The van der Waals surface area contributed by atoms with Crippen molar-refractivity contribution in [2.24, 2.45) is 22.2 Å². The highest BCUT2D eigenvalue weighted by molar-refractivity contribution is 6.16. The Hall–Kier alpha value is -1.30. The smallest absolute Gasteiger partial charge is 0.172 e. The van der Waals surface area contributed by atoms with Gasteiger partial charge < -0.3 is 15.3 Å². The van der Waals surface area contributed by atoms with Crippen LogP contribution in [0.3, 0.4) is 0 Å². The molecule has 6 atom stereocenters. The van der Waals surface area contributed by atoms with Crippen LogP contribution in [0.5, 0.6) is 0 Å². The maximum atomic E-state index is 13.4. The fraction of sp³-hybridized carbons (Fsp3) is 0.700. The summed E-state index contributed by atoms with van der Waals surface area (Å²) in [4.78, 5) is 25.9. The third kappa shape index (κ3) is 2.19. The van der Waals surface area contributed by atoms with Crippen molar-refractivity contribution in [2.75, 3.05) is 0 Å². The second kappa shape index (κ2) is 5.35. The van der Waals surface area contributed by atoms with E-state index < -0.39 is 40.5 Å². The molecule has 0 unspecified atom stereocenters. The lowest BCUT2D eigenvalue weighted by molar-refractivity contribution is -0.139. The van der Waals surface area contributed by atoms with Gasteiger partial charge in [-0.05, 0) is 19.8 Å². The van der Waals surface area contributed by atoms with Gasteiger partial charge in [0.25, 0.3) is 0 Å². The van der Waals surface area contributed by atoms with Gasteiger partial charge >= 0.3 is 0 Å². The predicted molar refractivity (Wildman–Crippen MR) is 92.6 cm³/mol. The standard InChI is InChI=1S/C20H28O5/c1-10-14(22)12-13(15(10)23)17(25)20(5)9-8-18(2,3)11(21)6-7-19(20,4)16(12)24/h8-11,15-16,21,23-24H,6-7H2,1-5H3/t10-,11+,15+,16+,19-,20-/m1/s1. The number of allylic oxidation sites excluding steroid dienone is 1. The lowest BCUT2D eigenvalue weighted by Crippen LogP contribution is -2.56. The first-order chi connectivity index (χ1) is 11.4. The number of aliphatic hydroxyl groups excluding tert-OH is 3. The van der Waals surface area contributed by atoms with Crippen LogP contribution in [0, 0.1) is 22.2 Å². The van der Waals surface area contributed by atoms with Gasteiger partial charge in [-0.15, -0.1) is 0 Å². The van der Waals surface area contributed by atoms with Crippen molar-refractivity contribution in [3.05, 3.63) is 23.3 Å². The summed E-state index contributed by atoms with van der Waals surface area (Å²) in [5.41, 5.74) is -2.31. The minimum absolute atomic E-state index is 0.0766. The number of Topliss-reactive ketones (excluding diaryl/α,β-unsaturated/α-hetero) is 2. The Labute approximate surface area is 148 Å². The van der Waals surface area contributed by atoms with E-state index in [1.54, 1.807) is 26.8 Å². The van der Waals surface area contributed by atoms with Crippen molar-refractivity contribution in [2.45, 2.75) is 65.8 Å². The number of ketones is 2. The number of fused-ring (bicyclic) bond motifs is 1. The van der Waals surface area contributed by atoms with Gasteiger partial charge in [0.2, 0.25) is 0 Å². The minimum atomic E-state index is -1.16. The van der Waals surface area contributed by atoms with E-state index in [2.05, 4.69) is 0 Å². The van der Waals surface area contributed by atoms with Gasteiger partial charge in [0.15, 0.2) is 11.6 Å². The summed E-state index contributed by atoms with van der Waals surface area (Å²) in [6, 6.07) is 0. The van der Waals surface area contributed by atoms with Crippen LogP contribution < -0.4 is 0 Å². The van der Waals surface area contributed by atoms with Crippen LogP contribution >= 0.6 is 0 Å². The van der Waals surface area contributed by atoms with Crippen molar-refractivity contribution in [1.29, 1.82) is 0 Å². The molecule has 0 aliphatic heterocycles. The van der Waals surface area contributed by atoms with E-state index in [-0.39, 0.29) is 22.7 Å². The number of aliphatic hydroxyl groups is 3. The SMILES string of the molecule is C[C@@H]1C(=O)C2=C(C(=O)[C@@]3(C)C=CC(C)(C)[C@@H](O)CC[C@]3(C)[C@H]2O)[C@H]1O. The Kier molecular flexibility index (Phi) is 3.96. The van der Waals surface area contributed by atoms with Crippen molar-refractivity contribution in [3.63, 3.8) is 0 Å². The molecule has 0 saturated carbocycles. The van der Waals surface area contributed by atoms with Gasteiger partial charge in [-0.2, -0.15) is 0 Å². The summed E-state index contributed by atoms with van der Waals surface area (Å²) in [5, 5.41) is 32.0. The molecule has 5 heteroatoms. The molecule has 5 nitrogen and oxygen atoms in total. The van der Waals surface area contributed by atoms with E-state index in [0.29, 0.717) is 12.8 Å². The Balaban J connectivity index is 2.23. The zero-order valence-electron chi connectivity index (χ0n) is 15.5. The van der Waals surface area contributed by atoms with Crippen LogP contribution in [0.4, 0.5) is 0 Å². The summed E-state index contributed by atoms with van der Waals surface area (Å²) >= 11 is 0. The Morgan fingerprint density at radius 1 is 1.00 bits per heavy atom. The van der Waals surface area contributed by atoms with Crippen molar-refractivity contribution >= 4 is 11.6 Å². The Morgan fingerprint density at radius 3 is 2.20 bits per heavy atom. The number of hydrogen-bond donors (Lipinski definition) is 3. The van der Waals surface area contributed by atoms with Gasteiger partial charge in [-0.1, -0.05) is 39.8 Å². The molecule has 0 aromatic rings. The molecule has 0 amide bonds. The molecule has 3 N–H and O–H groups in total. The van der Waals surface area contributed by atoms with E-state index in [1.807, 2.05) is 19.9 Å². The van der Waals surface area contributed by atoms with Gasteiger partial charge in [0.1, 0.15) is 0 Å². The minimum Gasteiger partial charge on any atom is -0.392 e. The Bertz CT molecular complexity index is 703. The van der Waals surface area contributed by atoms with Crippen molar-refractivity contribution in [3.8, 4) is 0 Å². The highest BCUT2D eigenvalue weighted by Crippen LogP contribution is 2.58. The van der Waals surface area contributed by atoms with E-state index in [9.17, 15) is 24.9 Å². The van der Waals surface area contributed by atoms with Crippen LogP contribution in [-0.2, 0) is 9.59 Å². The summed E-state index contributed by atoms with van der Waals surface area (Å²) in [5.74, 6) is -1.35. The molecule has 3 rings (SSSR count). The zero-order valence-corrected chi connectivity index (χ0v) is 15.5. The Morgan fingerprint density at radius 2 is 1.60 bits per heavy atom. The second-order valence-electron chi connectivity index (χ2n) is 8.99. The molecule has 0 spiro atoms. The van der Waals surface area contributed by atoms with E-state index in [1.165, 1.54) is 0 Å². The number of rotatable bonds is 0. The lowest BCUT2D eigenvalue weighted by Gasteiger charge is -2.52. The number of carbonyl (C=O) groups excluding carboxylic acids is 2. The molecule has 0 aromatic carbocycles. The summed E-state index contributed by atoms with van der Waals surface area (Å²) < 4.78 is 0. The third-order valence-corrected chi connectivity index (χ3v) is 7.16. The first-order valence-corrected chi connectivity index (χ1v) is 8.96. The molecular formula is C20H28O5. The first kappa shape index (κ1) is 18.5. The summed E-state index contributed by atoms with van der Waals surface area (Å²) in [7, 11) is 0. The molecule has 0 saturated heterocycles. The quantitative estimate of drug-likeness (QED) is 0.578. The number of carbonyl (C=O) groups is 2. The van der Waals surface area contributed by atoms with Crippen LogP contribution in [-0.4, -0.2) is 45.2 Å². The molecule has 3 aliphatic rings. The van der Waals surface area contributed by atoms with Crippen LogP contribution in [0.1, 0.15) is 47.5 Å². The fourth-order valence-electron chi connectivity index (χ4n) is 4.57. The third-order valence-electron chi connectivity index (χ3n) is 7.16. The maximum absolute atomic E-state index is 13.4. The number of hydrogen-bond acceptors (Lipinski definition) is 5. The molecule has 3 aliphatic carbocycles. The van der Waals surface area contributed by atoms with Gasteiger partial charge in [0.05, 0.1) is 23.7 Å². The topological polar surface area (TPSA) is 94.8 Å².